The molecule has 31 heavy (non-hydrogen) atoms. The van der Waals surface area contributed by atoms with Crippen molar-refractivity contribution in [3.8, 4) is 16.9 Å². The minimum atomic E-state index is 0.653. The van der Waals surface area contributed by atoms with E-state index in [1.54, 1.807) is 0 Å². The molecule has 0 amide bonds. The third-order valence-electron chi connectivity index (χ3n) is 5.93. The smallest absolute Gasteiger partial charge is 0.124 e. The third-order valence-corrected chi connectivity index (χ3v) is 5.93. The predicted octanol–water partition coefficient (Wildman–Crippen LogP) is 5.85. The van der Waals surface area contributed by atoms with Crippen LogP contribution in [0.1, 0.15) is 5.56 Å². The molecule has 0 spiro atoms. The number of hydrogen-bond acceptors (Lipinski definition) is 4. The van der Waals surface area contributed by atoms with E-state index in [1.807, 2.05) is 30.6 Å². The molecule has 0 bridgehead atoms. The number of ether oxygens (including phenoxy) is 1. The van der Waals surface area contributed by atoms with Gasteiger partial charge < -0.3 is 9.64 Å². The van der Waals surface area contributed by atoms with Gasteiger partial charge in [0.05, 0.1) is 17.6 Å². The highest BCUT2D eigenvalue weighted by atomic mass is 16.5. The molecule has 0 saturated heterocycles. The van der Waals surface area contributed by atoms with Crippen molar-refractivity contribution in [2.75, 3.05) is 18.1 Å². The first kappa shape index (κ1) is 17.9. The molecule has 4 nitrogen and oxygen atoms in total. The van der Waals surface area contributed by atoms with Crippen LogP contribution in [0.5, 0.6) is 5.75 Å². The van der Waals surface area contributed by atoms with Crippen LogP contribution in [0.4, 0.5) is 5.69 Å². The van der Waals surface area contributed by atoms with Crippen molar-refractivity contribution < 1.29 is 4.74 Å². The summed E-state index contributed by atoms with van der Waals surface area (Å²) in [7, 11) is 0. The predicted molar refractivity (Wildman–Crippen MR) is 125 cm³/mol. The lowest BCUT2D eigenvalue weighted by atomic mass is 10.0. The van der Waals surface area contributed by atoms with Gasteiger partial charge in [0, 0.05) is 46.5 Å². The summed E-state index contributed by atoms with van der Waals surface area (Å²) in [5.74, 6) is 0.957. The molecule has 1 aliphatic heterocycles. The Bertz CT molecular complexity index is 1410. The summed E-state index contributed by atoms with van der Waals surface area (Å²) in [6, 6.07) is 27.3. The maximum Gasteiger partial charge on any atom is 0.124 e. The molecule has 150 valence electrons. The van der Waals surface area contributed by atoms with Gasteiger partial charge in [-0.25, -0.2) is 0 Å². The number of para-hydroxylation sites is 2. The molecule has 0 unspecified atom stereocenters. The Balaban J connectivity index is 1.40. The van der Waals surface area contributed by atoms with Gasteiger partial charge in [-0.15, -0.1) is 0 Å². The largest absolute Gasteiger partial charge is 0.491 e. The monoisotopic (exact) mass is 403 g/mol. The van der Waals surface area contributed by atoms with Crippen molar-refractivity contribution in [2.45, 2.75) is 6.54 Å². The normalized spacial score (nSPS) is 13.6. The van der Waals surface area contributed by atoms with Gasteiger partial charge in [0.15, 0.2) is 0 Å². The van der Waals surface area contributed by atoms with E-state index in [0.717, 1.165) is 46.4 Å². The maximum atomic E-state index is 6.10. The van der Waals surface area contributed by atoms with Crippen molar-refractivity contribution in [1.82, 2.24) is 9.97 Å². The van der Waals surface area contributed by atoms with Crippen LogP contribution in [-0.2, 0) is 6.54 Å². The Morgan fingerprint density at radius 3 is 2.61 bits per heavy atom. The van der Waals surface area contributed by atoms with E-state index in [2.05, 4.69) is 75.5 Å². The molecule has 3 aromatic carbocycles. The average molecular weight is 403 g/mol. The highest BCUT2D eigenvalue weighted by Crippen LogP contribution is 2.33. The van der Waals surface area contributed by atoms with Crippen LogP contribution >= 0.6 is 0 Å². The molecule has 4 heteroatoms. The van der Waals surface area contributed by atoms with E-state index >= 15 is 0 Å². The third kappa shape index (κ3) is 3.26. The molecule has 0 atom stereocenters. The highest BCUT2D eigenvalue weighted by molar-refractivity contribution is 5.91. The van der Waals surface area contributed by atoms with Gasteiger partial charge in [0.2, 0.25) is 0 Å². The zero-order valence-electron chi connectivity index (χ0n) is 17.0. The first-order chi connectivity index (χ1) is 15.3. The fourth-order valence-electron chi connectivity index (χ4n) is 4.36. The highest BCUT2D eigenvalue weighted by Gasteiger charge is 2.18. The van der Waals surface area contributed by atoms with Crippen molar-refractivity contribution in [2.24, 2.45) is 0 Å². The van der Waals surface area contributed by atoms with Crippen LogP contribution in [0, 0.1) is 0 Å². The molecule has 0 fully saturated rings. The zero-order chi connectivity index (χ0) is 20.6. The Labute approximate surface area is 180 Å². The SMILES string of the molecule is c1ccc2ncc(-c3ccc4c(c3)CN(c3ccnc5ccccc35)CCO4)cc2c1. The first-order valence-corrected chi connectivity index (χ1v) is 10.5. The standard InChI is InChI=1S/C27H21N3O/c1-3-7-24-20(5-1)16-21(17-29-24)19-9-10-27-22(15-19)18-30(13-14-31-27)26-11-12-28-25-8-4-2-6-23(25)26/h1-12,15-17H,13-14,18H2. The van der Waals surface area contributed by atoms with Crippen LogP contribution < -0.4 is 9.64 Å². The summed E-state index contributed by atoms with van der Waals surface area (Å²) >= 11 is 0. The Kier molecular flexibility index (Phi) is 4.27. The van der Waals surface area contributed by atoms with Crippen molar-refractivity contribution in [1.29, 1.82) is 0 Å². The number of anilines is 1. The molecule has 0 aliphatic carbocycles. The minimum absolute atomic E-state index is 0.653. The minimum Gasteiger partial charge on any atom is -0.491 e. The maximum absolute atomic E-state index is 6.10. The zero-order valence-corrected chi connectivity index (χ0v) is 17.0. The van der Waals surface area contributed by atoms with Gasteiger partial charge >= 0.3 is 0 Å². The van der Waals surface area contributed by atoms with Gasteiger partial charge in [0.25, 0.3) is 0 Å². The van der Waals surface area contributed by atoms with Gasteiger partial charge in [-0.05, 0) is 42.0 Å². The summed E-state index contributed by atoms with van der Waals surface area (Å²) in [4.78, 5) is 11.5. The quantitative estimate of drug-likeness (QED) is 0.371. The number of benzene rings is 3. The second kappa shape index (κ2) is 7.40. The van der Waals surface area contributed by atoms with E-state index < -0.39 is 0 Å². The molecule has 5 aromatic rings. The van der Waals surface area contributed by atoms with Crippen LogP contribution in [0.15, 0.2) is 91.3 Å². The lowest BCUT2D eigenvalue weighted by molar-refractivity contribution is 0.332. The summed E-state index contributed by atoms with van der Waals surface area (Å²) in [5.41, 5.74) is 6.68. The average Bonchev–Trinajstić information content (AvgIpc) is 3.05. The molecule has 0 N–H and O–H groups in total. The topological polar surface area (TPSA) is 38.2 Å². The van der Waals surface area contributed by atoms with Crippen molar-refractivity contribution in [3.05, 3.63) is 96.8 Å². The van der Waals surface area contributed by atoms with Gasteiger partial charge in [-0.2, -0.15) is 0 Å². The Hall–Kier alpha value is -3.92. The first-order valence-electron chi connectivity index (χ1n) is 10.5. The summed E-state index contributed by atoms with van der Waals surface area (Å²) < 4.78 is 6.10. The van der Waals surface area contributed by atoms with Crippen LogP contribution in [0.25, 0.3) is 32.9 Å². The number of pyridine rings is 2. The van der Waals surface area contributed by atoms with Crippen molar-refractivity contribution in [3.63, 3.8) is 0 Å². The summed E-state index contributed by atoms with van der Waals surface area (Å²) in [6.45, 7) is 2.27. The molecule has 0 radical (unpaired) electrons. The number of nitrogens with zero attached hydrogens (tertiary/aromatic N) is 3. The number of fused-ring (bicyclic) bond motifs is 3. The molecule has 3 heterocycles. The summed E-state index contributed by atoms with van der Waals surface area (Å²) in [5, 5.41) is 2.32. The van der Waals surface area contributed by atoms with E-state index in [9.17, 15) is 0 Å². The lowest BCUT2D eigenvalue weighted by Crippen LogP contribution is -2.25. The lowest BCUT2D eigenvalue weighted by Gasteiger charge is -2.23. The van der Waals surface area contributed by atoms with Gasteiger partial charge in [0.1, 0.15) is 12.4 Å². The Morgan fingerprint density at radius 2 is 1.65 bits per heavy atom. The van der Waals surface area contributed by atoms with Crippen LogP contribution in [-0.4, -0.2) is 23.1 Å². The summed E-state index contributed by atoms with van der Waals surface area (Å²) in [6.07, 6.45) is 3.84. The molecule has 2 aromatic heterocycles. The van der Waals surface area contributed by atoms with Crippen molar-refractivity contribution >= 4 is 27.5 Å². The molecular formula is C27H21N3O. The second-order valence-corrected chi connectivity index (χ2v) is 7.86. The van der Waals surface area contributed by atoms with Gasteiger partial charge in [-0.3, -0.25) is 9.97 Å². The second-order valence-electron chi connectivity index (χ2n) is 7.86. The van der Waals surface area contributed by atoms with E-state index in [1.165, 1.54) is 16.6 Å². The molecule has 0 saturated carbocycles. The fraction of sp³-hybridized carbons (Fsp3) is 0.111. The van der Waals surface area contributed by atoms with E-state index in [-0.39, 0.29) is 0 Å². The van der Waals surface area contributed by atoms with E-state index in [4.69, 9.17) is 4.74 Å². The molecule has 1 aliphatic rings. The molecular weight excluding hydrogens is 382 g/mol. The number of rotatable bonds is 2. The van der Waals surface area contributed by atoms with Crippen LogP contribution in [0.2, 0.25) is 0 Å². The molecule has 6 rings (SSSR count). The van der Waals surface area contributed by atoms with E-state index in [0.29, 0.717) is 6.61 Å². The van der Waals surface area contributed by atoms with Crippen LogP contribution in [0.3, 0.4) is 0 Å². The number of hydrogen-bond donors (Lipinski definition) is 0. The number of aromatic nitrogens is 2. The fourth-order valence-corrected chi connectivity index (χ4v) is 4.36. The Morgan fingerprint density at radius 1 is 0.774 bits per heavy atom. The van der Waals surface area contributed by atoms with Gasteiger partial charge in [-0.1, -0.05) is 42.5 Å².